The van der Waals surface area contributed by atoms with Gasteiger partial charge >= 0.3 is 0 Å². The SMILES string of the molecule is CC(CC(=O)NCCCN1CCNCC1)c1ccccc1F.Cl. The molecule has 1 aromatic rings. The van der Waals surface area contributed by atoms with Gasteiger partial charge in [-0.2, -0.15) is 0 Å². The van der Waals surface area contributed by atoms with E-state index >= 15 is 0 Å². The number of carbonyl (C=O) groups excluding carboxylic acids is 1. The van der Waals surface area contributed by atoms with Crippen LogP contribution in [0.4, 0.5) is 4.39 Å². The summed E-state index contributed by atoms with van der Waals surface area (Å²) in [6.45, 7) is 7.85. The molecule has 0 aliphatic carbocycles. The lowest BCUT2D eigenvalue weighted by Gasteiger charge is -2.27. The summed E-state index contributed by atoms with van der Waals surface area (Å²) >= 11 is 0. The molecule has 0 spiro atoms. The van der Waals surface area contributed by atoms with Crippen molar-refractivity contribution in [3.8, 4) is 0 Å². The van der Waals surface area contributed by atoms with Crippen LogP contribution in [0.2, 0.25) is 0 Å². The van der Waals surface area contributed by atoms with E-state index < -0.39 is 0 Å². The second-order valence-corrected chi connectivity index (χ2v) is 5.92. The van der Waals surface area contributed by atoms with Gasteiger partial charge in [0.2, 0.25) is 5.91 Å². The maximum absolute atomic E-state index is 13.7. The Balaban J connectivity index is 0.00000264. The van der Waals surface area contributed by atoms with E-state index in [1.165, 1.54) is 6.07 Å². The van der Waals surface area contributed by atoms with Gasteiger partial charge in [0.25, 0.3) is 0 Å². The summed E-state index contributed by atoms with van der Waals surface area (Å²) in [6, 6.07) is 6.66. The first-order chi connectivity index (χ1) is 10.7. The lowest BCUT2D eigenvalue weighted by atomic mass is 9.97. The number of hydrogen-bond donors (Lipinski definition) is 2. The Hall–Kier alpha value is -1.17. The average Bonchev–Trinajstić information content (AvgIpc) is 2.53. The molecule has 23 heavy (non-hydrogen) atoms. The van der Waals surface area contributed by atoms with E-state index in [4.69, 9.17) is 0 Å². The van der Waals surface area contributed by atoms with Gasteiger partial charge in [-0.15, -0.1) is 12.4 Å². The quantitative estimate of drug-likeness (QED) is 0.746. The molecule has 0 aromatic heterocycles. The molecule has 1 atom stereocenters. The van der Waals surface area contributed by atoms with Crippen LogP contribution < -0.4 is 10.6 Å². The zero-order chi connectivity index (χ0) is 15.8. The zero-order valence-corrected chi connectivity index (χ0v) is 14.5. The molecule has 6 heteroatoms. The van der Waals surface area contributed by atoms with Crippen LogP contribution in [-0.4, -0.2) is 50.1 Å². The molecule has 0 radical (unpaired) electrons. The molecule has 0 bridgehead atoms. The maximum Gasteiger partial charge on any atom is 0.220 e. The molecule has 1 amide bonds. The molecule has 2 N–H and O–H groups in total. The molecule has 1 heterocycles. The largest absolute Gasteiger partial charge is 0.356 e. The number of nitrogens with one attached hydrogen (secondary N) is 2. The minimum absolute atomic E-state index is 0. The van der Waals surface area contributed by atoms with Crippen LogP contribution in [0.15, 0.2) is 24.3 Å². The van der Waals surface area contributed by atoms with Gasteiger partial charge in [-0.3, -0.25) is 4.79 Å². The van der Waals surface area contributed by atoms with Crippen molar-refractivity contribution in [1.82, 2.24) is 15.5 Å². The van der Waals surface area contributed by atoms with Crippen LogP contribution in [0.5, 0.6) is 0 Å². The minimum atomic E-state index is -0.235. The lowest BCUT2D eigenvalue weighted by Crippen LogP contribution is -2.44. The van der Waals surface area contributed by atoms with Gasteiger partial charge in [0, 0.05) is 39.1 Å². The Labute approximate surface area is 144 Å². The number of amides is 1. The van der Waals surface area contributed by atoms with E-state index in [2.05, 4.69) is 15.5 Å². The van der Waals surface area contributed by atoms with Crippen molar-refractivity contribution in [3.05, 3.63) is 35.6 Å². The monoisotopic (exact) mass is 343 g/mol. The van der Waals surface area contributed by atoms with Crippen LogP contribution in [0.3, 0.4) is 0 Å². The number of benzene rings is 1. The smallest absolute Gasteiger partial charge is 0.220 e. The number of nitrogens with zero attached hydrogens (tertiary/aromatic N) is 1. The van der Waals surface area contributed by atoms with Gasteiger partial charge in [-0.05, 0) is 30.5 Å². The Morgan fingerprint density at radius 3 is 2.74 bits per heavy atom. The van der Waals surface area contributed by atoms with Crippen molar-refractivity contribution in [2.75, 3.05) is 39.3 Å². The zero-order valence-electron chi connectivity index (χ0n) is 13.7. The van der Waals surface area contributed by atoms with Crippen molar-refractivity contribution < 1.29 is 9.18 Å². The molecule has 2 rings (SSSR count). The second-order valence-electron chi connectivity index (χ2n) is 5.92. The molecule has 1 aliphatic heterocycles. The number of rotatable bonds is 7. The molecular formula is C17H27ClFN3O. The van der Waals surface area contributed by atoms with Crippen LogP contribution in [0.25, 0.3) is 0 Å². The first-order valence-corrected chi connectivity index (χ1v) is 8.11. The van der Waals surface area contributed by atoms with E-state index in [0.29, 0.717) is 18.5 Å². The molecule has 130 valence electrons. The third kappa shape index (κ3) is 6.85. The number of piperazine rings is 1. The molecule has 0 saturated carbocycles. The summed E-state index contributed by atoms with van der Waals surface area (Å²) in [6.07, 6.45) is 1.29. The van der Waals surface area contributed by atoms with Gasteiger partial charge in [0.15, 0.2) is 0 Å². The molecule has 4 nitrogen and oxygen atoms in total. The maximum atomic E-state index is 13.7. The summed E-state index contributed by atoms with van der Waals surface area (Å²) in [7, 11) is 0. The Morgan fingerprint density at radius 1 is 1.35 bits per heavy atom. The van der Waals surface area contributed by atoms with Gasteiger partial charge in [0.05, 0.1) is 0 Å². The lowest BCUT2D eigenvalue weighted by molar-refractivity contribution is -0.121. The normalized spacial score (nSPS) is 16.4. The fourth-order valence-corrected chi connectivity index (χ4v) is 2.80. The Bertz CT molecular complexity index is 481. The molecule has 1 aliphatic rings. The Morgan fingerprint density at radius 2 is 2.04 bits per heavy atom. The third-order valence-electron chi connectivity index (χ3n) is 4.11. The van der Waals surface area contributed by atoms with Crippen molar-refractivity contribution in [2.24, 2.45) is 0 Å². The van der Waals surface area contributed by atoms with Gasteiger partial charge in [0.1, 0.15) is 5.82 Å². The highest BCUT2D eigenvalue weighted by atomic mass is 35.5. The molecule has 1 fully saturated rings. The average molecular weight is 344 g/mol. The van der Waals surface area contributed by atoms with E-state index in [0.717, 1.165) is 39.1 Å². The van der Waals surface area contributed by atoms with Gasteiger partial charge in [-0.25, -0.2) is 4.39 Å². The van der Waals surface area contributed by atoms with Crippen LogP contribution in [0, 0.1) is 5.82 Å². The highest BCUT2D eigenvalue weighted by Gasteiger charge is 2.14. The number of halogens is 2. The first-order valence-electron chi connectivity index (χ1n) is 8.11. The highest BCUT2D eigenvalue weighted by Crippen LogP contribution is 2.21. The van der Waals surface area contributed by atoms with Crippen LogP contribution in [-0.2, 0) is 4.79 Å². The summed E-state index contributed by atoms with van der Waals surface area (Å²) in [5.41, 5.74) is 0.610. The highest BCUT2D eigenvalue weighted by molar-refractivity contribution is 5.85. The second kappa shape index (κ2) is 10.6. The Kier molecular flexibility index (Phi) is 9.14. The topological polar surface area (TPSA) is 44.4 Å². The van der Waals surface area contributed by atoms with Gasteiger partial charge in [-0.1, -0.05) is 25.1 Å². The predicted molar refractivity (Wildman–Crippen MR) is 93.6 cm³/mol. The fraction of sp³-hybridized carbons (Fsp3) is 0.588. The third-order valence-corrected chi connectivity index (χ3v) is 4.11. The van der Waals surface area contributed by atoms with E-state index in [1.807, 2.05) is 6.92 Å². The molecular weight excluding hydrogens is 317 g/mol. The van der Waals surface area contributed by atoms with Gasteiger partial charge < -0.3 is 15.5 Å². The van der Waals surface area contributed by atoms with Crippen molar-refractivity contribution in [1.29, 1.82) is 0 Å². The standard InChI is InChI=1S/C17H26FN3O.ClH/c1-14(15-5-2-3-6-16(15)18)13-17(22)20-7-4-10-21-11-8-19-9-12-21;/h2-3,5-6,14,19H,4,7-13H2,1H3,(H,20,22);1H. The molecule has 1 aromatic carbocycles. The summed E-state index contributed by atoms with van der Waals surface area (Å²) in [5, 5.41) is 6.26. The summed E-state index contributed by atoms with van der Waals surface area (Å²) < 4.78 is 13.7. The number of carbonyl (C=O) groups is 1. The van der Waals surface area contributed by atoms with Crippen LogP contribution in [0.1, 0.15) is 31.2 Å². The van der Waals surface area contributed by atoms with E-state index in [-0.39, 0.29) is 30.0 Å². The summed E-state index contributed by atoms with van der Waals surface area (Å²) in [5.74, 6) is -0.341. The first kappa shape index (κ1) is 19.9. The van der Waals surface area contributed by atoms with Crippen LogP contribution >= 0.6 is 12.4 Å². The minimum Gasteiger partial charge on any atom is -0.356 e. The van der Waals surface area contributed by atoms with Crippen molar-refractivity contribution >= 4 is 18.3 Å². The van der Waals surface area contributed by atoms with E-state index in [9.17, 15) is 9.18 Å². The molecule has 1 saturated heterocycles. The fourth-order valence-electron chi connectivity index (χ4n) is 2.80. The van der Waals surface area contributed by atoms with Crippen molar-refractivity contribution in [3.63, 3.8) is 0 Å². The van der Waals surface area contributed by atoms with E-state index in [1.54, 1.807) is 18.2 Å². The number of hydrogen-bond acceptors (Lipinski definition) is 3. The molecule has 1 unspecified atom stereocenters. The predicted octanol–water partition coefficient (Wildman–Crippen LogP) is 2.15. The van der Waals surface area contributed by atoms with Crippen molar-refractivity contribution in [2.45, 2.75) is 25.7 Å². The summed E-state index contributed by atoms with van der Waals surface area (Å²) in [4.78, 5) is 14.3.